The molecule has 0 bridgehead atoms. The molecule has 6 heteroatoms. The minimum absolute atomic E-state index is 0.297. The van der Waals surface area contributed by atoms with E-state index in [2.05, 4.69) is 5.16 Å². The van der Waals surface area contributed by atoms with Gasteiger partial charge < -0.3 is 9.42 Å². The number of halogens is 2. The molecule has 1 saturated heterocycles. The summed E-state index contributed by atoms with van der Waals surface area (Å²) in [6.07, 6.45) is 1.46. The summed E-state index contributed by atoms with van der Waals surface area (Å²) in [5, 5.41) is 3.91. The Morgan fingerprint density at radius 3 is 2.71 bits per heavy atom. The molecule has 1 aromatic carbocycles. The van der Waals surface area contributed by atoms with E-state index in [0.29, 0.717) is 24.4 Å². The smallest absolute Gasteiger partial charge is 0.260 e. The third-order valence-electron chi connectivity index (χ3n) is 3.68. The van der Waals surface area contributed by atoms with Gasteiger partial charge in [0.25, 0.3) is 5.91 Å². The third-order valence-corrected chi connectivity index (χ3v) is 3.68. The number of hydrogen-bond acceptors (Lipinski definition) is 3. The minimum atomic E-state index is -0.845. The SMILES string of the molecule is Cc1cc(C2CCCN2C(=O)c2c(F)cccc2F)no1. The lowest BCUT2D eigenvalue weighted by Gasteiger charge is -2.23. The number of amides is 1. The first-order valence-corrected chi connectivity index (χ1v) is 6.76. The van der Waals surface area contributed by atoms with E-state index >= 15 is 0 Å². The fraction of sp³-hybridized carbons (Fsp3) is 0.333. The molecule has 1 aliphatic rings. The maximum Gasteiger partial charge on any atom is 0.260 e. The highest BCUT2D eigenvalue weighted by molar-refractivity contribution is 5.95. The summed E-state index contributed by atoms with van der Waals surface area (Å²) in [6, 6.07) is 4.86. The van der Waals surface area contributed by atoms with Crippen LogP contribution in [0.25, 0.3) is 0 Å². The van der Waals surface area contributed by atoms with Crippen LogP contribution in [0.2, 0.25) is 0 Å². The monoisotopic (exact) mass is 292 g/mol. The molecule has 1 amide bonds. The van der Waals surface area contributed by atoms with E-state index < -0.39 is 23.1 Å². The Kier molecular flexibility index (Phi) is 3.45. The Labute approximate surface area is 120 Å². The van der Waals surface area contributed by atoms with Crippen LogP contribution in [0.5, 0.6) is 0 Å². The summed E-state index contributed by atoms with van der Waals surface area (Å²) in [7, 11) is 0. The van der Waals surface area contributed by atoms with Gasteiger partial charge in [0, 0.05) is 12.6 Å². The number of benzene rings is 1. The Morgan fingerprint density at radius 2 is 2.10 bits per heavy atom. The molecule has 1 fully saturated rings. The Bertz CT molecular complexity index is 664. The summed E-state index contributed by atoms with van der Waals surface area (Å²) in [6.45, 7) is 2.21. The van der Waals surface area contributed by atoms with Crippen LogP contribution in [-0.4, -0.2) is 22.5 Å². The maximum absolute atomic E-state index is 13.8. The first kappa shape index (κ1) is 13.7. The van der Waals surface area contributed by atoms with Crippen molar-refractivity contribution in [3.8, 4) is 0 Å². The summed E-state index contributed by atoms with van der Waals surface area (Å²) in [5.41, 5.74) is 0.111. The zero-order valence-electron chi connectivity index (χ0n) is 11.5. The Balaban J connectivity index is 1.93. The van der Waals surface area contributed by atoms with Crippen LogP contribution in [0.1, 0.15) is 40.7 Å². The van der Waals surface area contributed by atoms with Gasteiger partial charge in [0.2, 0.25) is 0 Å². The predicted molar refractivity (Wildman–Crippen MR) is 70.6 cm³/mol. The molecule has 2 heterocycles. The van der Waals surface area contributed by atoms with Crippen molar-refractivity contribution in [3.63, 3.8) is 0 Å². The summed E-state index contributed by atoms with van der Waals surface area (Å²) in [5.74, 6) is -1.70. The van der Waals surface area contributed by atoms with Gasteiger partial charge in [-0.2, -0.15) is 0 Å². The van der Waals surface area contributed by atoms with Crippen LogP contribution in [0.15, 0.2) is 28.8 Å². The van der Waals surface area contributed by atoms with E-state index in [9.17, 15) is 13.6 Å². The van der Waals surface area contributed by atoms with Gasteiger partial charge in [-0.15, -0.1) is 0 Å². The van der Waals surface area contributed by atoms with Crippen molar-refractivity contribution in [3.05, 3.63) is 52.9 Å². The predicted octanol–water partition coefficient (Wildman–Crippen LogP) is 3.24. The van der Waals surface area contributed by atoms with Crippen LogP contribution < -0.4 is 0 Å². The number of carbonyl (C=O) groups is 1. The van der Waals surface area contributed by atoms with Crippen molar-refractivity contribution in [2.45, 2.75) is 25.8 Å². The highest BCUT2D eigenvalue weighted by Gasteiger charge is 2.34. The molecule has 4 nitrogen and oxygen atoms in total. The standard InChI is InChI=1S/C15H14F2N2O2/c1-9-8-12(18-21-9)13-6-3-7-19(13)15(20)14-10(16)4-2-5-11(14)17/h2,4-5,8,13H,3,6-7H2,1H3. The lowest BCUT2D eigenvalue weighted by Crippen LogP contribution is -2.32. The molecule has 2 aromatic rings. The molecule has 110 valence electrons. The van der Waals surface area contributed by atoms with Crippen LogP contribution in [0.4, 0.5) is 8.78 Å². The second-order valence-electron chi connectivity index (χ2n) is 5.12. The number of aromatic nitrogens is 1. The third kappa shape index (κ3) is 2.41. The van der Waals surface area contributed by atoms with Gasteiger partial charge in [0.05, 0.1) is 6.04 Å². The molecular formula is C15H14F2N2O2. The lowest BCUT2D eigenvalue weighted by atomic mass is 10.1. The molecule has 1 atom stereocenters. The van der Waals surface area contributed by atoms with E-state index in [0.717, 1.165) is 18.6 Å². The number of hydrogen-bond donors (Lipinski definition) is 0. The Morgan fingerprint density at radius 1 is 1.38 bits per heavy atom. The van der Waals surface area contributed by atoms with Gasteiger partial charge in [-0.3, -0.25) is 4.79 Å². The van der Waals surface area contributed by atoms with Crippen LogP contribution in [0.3, 0.4) is 0 Å². The molecule has 3 rings (SSSR count). The normalized spacial score (nSPS) is 18.2. The lowest BCUT2D eigenvalue weighted by molar-refractivity contribution is 0.0721. The number of carbonyl (C=O) groups excluding carboxylic acids is 1. The summed E-state index contributed by atoms with van der Waals surface area (Å²) < 4.78 is 32.6. The topological polar surface area (TPSA) is 46.3 Å². The van der Waals surface area contributed by atoms with Gasteiger partial charge >= 0.3 is 0 Å². The molecular weight excluding hydrogens is 278 g/mol. The molecule has 0 radical (unpaired) electrons. The number of rotatable bonds is 2. The quantitative estimate of drug-likeness (QED) is 0.853. The molecule has 0 aliphatic carbocycles. The summed E-state index contributed by atoms with van der Waals surface area (Å²) >= 11 is 0. The van der Waals surface area contributed by atoms with Crippen molar-refractivity contribution in [2.24, 2.45) is 0 Å². The largest absolute Gasteiger partial charge is 0.361 e. The number of likely N-dealkylation sites (tertiary alicyclic amines) is 1. The molecule has 1 aromatic heterocycles. The number of nitrogens with zero attached hydrogens (tertiary/aromatic N) is 2. The van der Waals surface area contributed by atoms with E-state index in [4.69, 9.17) is 4.52 Å². The van der Waals surface area contributed by atoms with Crippen LogP contribution in [-0.2, 0) is 0 Å². The average molecular weight is 292 g/mol. The van der Waals surface area contributed by atoms with Gasteiger partial charge in [-0.25, -0.2) is 8.78 Å². The Hall–Kier alpha value is -2.24. The zero-order valence-corrected chi connectivity index (χ0v) is 11.5. The van der Waals surface area contributed by atoms with Crippen molar-refractivity contribution in [1.29, 1.82) is 0 Å². The maximum atomic E-state index is 13.8. The van der Waals surface area contributed by atoms with Crippen LogP contribution >= 0.6 is 0 Å². The molecule has 21 heavy (non-hydrogen) atoms. The van der Waals surface area contributed by atoms with Crippen molar-refractivity contribution < 1.29 is 18.1 Å². The number of aryl methyl sites for hydroxylation is 1. The van der Waals surface area contributed by atoms with Crippen molar-refractivity contribution in [1.82, 2.24) is 10.1 Å². The fourth-order valence-corrected chi connectivity index (χ4v) is 2.71. The fourth-order valence-electron chi connectivity index (χ4n) is 2.71. The second-order valence-corrected chi connectivity index (χ2v) is 5.12. The second kappa shape index (κ2) is 5.27. The molecule has 1 unspecified atom stereocenters. The first-order chi connectivity index (χ1) is 10.1. The van der Waals surface area contributed by atoms with E-state index in [1.165, 1.54) is 11.0 Å². The molecule has 0 spiro atoms. The van der Waals surface area contributed by atoms with Gasteiger partial charge in [0.1, 0.15) is 28.7 Å². The molecule has 0 saturated carbocycles. The van der Waals surface area contributed by atoms with E-state index in [1.807, 2.05) is 0 Å². The van der Waals surface area contributed by atoms with Gasteiger partial charge in [0.15, 0.2) is 0 Å². The summed E-state index contributed by atoms with van der Waals surface area (Å²) in [4.78, 5) is 13.9. The highest BCUT2D eigenvalue weighted by atomic mass is 19.1. The zero-order chi connectivity index (χ0) is 15.0. The van der Waals surface area contributed by atoms with E-state index in [-0.39, 0.29) is 6.04 Å². The van der Waals surface area contributed by atoms with Gasteiger partial charge in [-0.05, 0) is 31.9 Å². The average Bonchev–Trinajstić information content (AvgIpc) is 3.06. The van der Waals surface area contributed by atoms with E-state index in [1.54, 1.807) is 13.0 Å². The van der Waals surface area contributed by atoms with Crippen molar-refractivity contribution in [2.75, 3.05) is 6.54 Å². The molecule has 1 aliphatic heterocycles. The molecule has 0 N–H and O–H groups in total. The van der Waals surface area contributed by atoms with Gasteiger partial charge in [-0.1, -0.05) is 11.2 Å². The highest BCUT2D eigenvalue weighted by Crippen LogP contribution is 2.33. The van der Waals surface area contributed by atoms with Crippen LogP contribution in [0, 0.1) is 18.6 Å². The minimum Gasteiger partial charge on any atom is -0.361 e. The van der Waals surface area contributed by atoms with Crippen molar-refractivity contribution >= 4 is 5.91 Å². The first-order valence-electron chi connectivity index (χ1n) is 6.76.